The Bertz CT molecular complexity index is 2620. The zero-order valence-electron chi connectivity index (χ0n) is 51.5. The second kappa shape index (κ2) is 26.3. The van der Waals surface area contributed by atoms with Crippen molar-refractivity contribution in [3.05, 3.63) is 70.8 Å². The van der Waals surface area contributed by atoms with Gasteiger partial charge in [0.15, 0.2) is 0 Å². The number of likely N-dealkylation sites (N-methyl/N-ethyl adjacent to an activating group) is 2. The van der Waals surface area contributed by atoms with E-state index in [2.05, 4.69) is 61.1 Å². The molecular weight excluding hydrogens is 1140 g/mol. The minimum absolute atomic E-state index is 0.191. The Labute approximate surface area is 516 Å². The maximum atomic E-state index is 14.9. The van der Waals surface area contributed by atoms with E-state index in [0.29, 0.717) is 86.1 Å². The number of rotatable bonds is 17. The van der Waals surface area contributed by atoms with Gasteiger partial charge in [-0.2, -0.15) is 0 Å². The predicted molar refractivity (Wildman–Crippen MR) is 337 cm³/mol. The van der Waals surface area contributed by atoms with Gasteiger partial charge in [-0.25, -0.2) is 9.59 Å². The first kappa shape index (κ1) is 65.2. The molecule has 2 aliphatic carbocycles. The van der Waals surface area contributed by atoms with Gasteiger partial charge in [-0.1, -0.05) is 101 Å². The average Bonchev–Trinajstić information content (AvgIpc) is 1.89. The molecule has 2 aromatic rings. The number of hydrogen-bond acceptors (Lipinski definition) is 14. The van der Waals surface area contributed by atoms with E-state index in [4.69, 9.17) is 43.4 Å². The summed E-state index contributed by atoms with van der Waals surface area (Å²) in [5.74, 6) is 0.535. The van der Waals surface area contributed by atoms with Gasteiger partial charge in [0.1, 0.15) is 35.4 Å². The monoisotopic (exact) mass is 1230 g/mol. The lowest BCUT2D eigenvalue weighted by atomic mass is 9.83. The molecule has 0 saturated carbocycles. The van der Waals surface area contributed by atoms with Crippen molar-refractivity contribution in [2.24, 2.45) is 10.8 Å². The molecule has 6 aliphatic rings. The number of carbonyl (C=O) groups is 6. The number of fused-ring (bicyclic) bond motifs is 4. The summed E-state index contributed by atoms with van der Waals surface area (Å²) in [4.78, 5) is 92.1. The van der Waals surface area contributed by atoms with Gasteiger partial charge in [0.2, 0.25) is 23.6 Å². The molecule has 4 aliphatic heterocycles. The van der Waals surface area contributed by atoms with Crippen molar-refractivity contribution in [2.45, 2.75) is 217 Å². The van der Waals surface area contributed by atoms with Crippen LogP contribution in [0.4, 0.5) is 9.59 Å². The summed E-state index contributed by atoms with van der Waals surface area (Å²) >= 11 is 15.0. The summed E-state index contributed by atoms with van der Waals surface area (Å²) in [5.41, 5.74) is 1.75. The Morgan fingerprint density at radius 1 is 0.619 bits per heavy atom. The van der Waals surface area contributed by atoms with Crippen molar-refractivity contribution in [1.82, 2.24) is 40.9 Å². The number of carbonyl (C=O) groups excluding carboxylic acids is 6. The molecule has 4 fully saturated rings. The highest BCUT2D eigenvalue weighted by Gasteiger charge is 2.57. The van der Waals surface area contributed by atoms with Crippen LogP contribution in [-0.2, 0) is 51.0 Å². The first-order valence-corrected chi connectivity index (χ1v) is 32.7. The fourth-order valence-electron chi connectivity index (χ4n) is 12.5. The molecule has 2 aromatic carbocycles. The quantitative estimate of drug-likeness (QED) is 0.0866. The third kappa shape index (κ3) is 14.8. The van der Waals surface area contributed by atoms with E-state index in [-0.39, 0.29) is 46.6 Å². The van der Waals surface area contributed by atoms with Gasteiger partial charge in [-0.15, -0.1) is 23.5 Å². The van der Waals surface area contributed by atoms with Crippen LogP contribution in [0.15, 0.2) is 48.5 Å². The van der Waals surface area contributed by atoms with Gasteiger partial charge < -0.3 is 59.8 Å². The second-order valence-corrected chi connectivity index (χ2v) is 30.3. The summed E-state index contributed by atoms with van der Waals surface area (Å²) in [6.07, 6.45) is 3.19. The minimum Gasteiger partial charge on any atom is -0.444 e. The number of thioether (sulfide) groups is 2. The molecule has 4 N–H and O–H groups in total. The van der Waals surface area contributed by atoms with Gasteiger partial charge >= 0.3 is 12.2 Å². The number of unbranched alkanes of at least 4 members (excludes halogenated alkanes) is 1. The number of benzene rings is 2. The van der Waals surface area contributed by atoms with E-state index in [0.717, 1.165) is 22.3 Å². The lowest BCUT2D eigenvalue weighted by molar-refractivity contribution is -0.143. The molecule has 4 saturated heterocycles. The van der Waals surface area contributed by atoms with Crippen LogP contribution in [0.2, 0.25) is 0 Å². The topological polar surface area (TPSA) is 200 Å². The molecule has 462 valence electrons. The van der Waals surface area contributed by atoms with Crippen LogP contribution < -0.4 is 21.3 Å². The molecule has 84 heavy (non-hydrogen) atoms. The maximum Gasteiger partial charge on any atom is 0.410 e. The third-order valence-corrected chi connectivity index (χ3v) is 20.6. The van der Waals surface area contributed by atoms with E-state index in [9.17, 15) is 28.8 Å². The normalized spacial score (nSPS) is 27.6. The van der Waals surface area contributed by atoms with Crippen molar-refractivity contribution >= 4 is 93.8 Å². The molecule has 0 spiro atoms. The highest BCUT2D eigenvalue weighted by atomic mass is 32.2. The summed E-state index contributed by atoms with van der Waals surface area (Å²) in [5, 5.41) is 12.9. The van der Waals surface area contributed by atoms with Gasteiger partial charge in [-0.05, 0) is 139 Å². The van der Waals surface area contributed by atoms with Gasteiger partial charge in [0, 0.05) is 40.2 Å². The van der Waals surface area contributed by atoms with Gasteiger partial charge in [0.25, 0.3) is 0 Å². The van der Waals surface area contributed by atoms with Gasteiger partial charge in [-0.3, -0.25) is 19.2 Å². The molecule has 0 bridgehead atoms. The SMILES string of the molecule is C[C@@H](C(=S)N[C@H]1CCS[C@H]2CC(C)(C)[C@@H](C(=O)N[C@H]3c4ccccc4C[C@H]3OCCCCO[C@@H]3Cc4ccccc4[C@@H]3NC(=O)[C@H]3N4C(=O)[C@@H](NC(=S)[C@H](C)N(C)C(=O)OC(C)(C)C)CCS[C@H]4CC3(C)C)N2C1=O)N(C)C(=O)OC(C)(C)C. The molecule has 4 heterocycles. The third-order valence-electron chi connectivity index (χ3n) is 17.2. The van der Waals surface area contributed by atoms with Crippen molar-refractivity contribution in [2.75, 3.05) is 38.8 Å². The standard InChI is InChI=1S/C62H90N8O10S4/c1-35(67(13)57(75)79-59(3,4)5)53(81)63-41-25-29-83-45-33-61(9,10)49(69(45)55(41)73)51(71)65-47-39-23-17-15-21-37(39)31-43(47)77-27-19-20-28-78-44-32-38-22-16-18-24-40(38)48(44)66-52(72)50-62(11,12)34-46-70(50)56(74)42(26-30-84-46)64-54(82)36(2)68(14)58(76)80-60(6,7)8/h15-18,21-24,35-36,41-50H,19-20,25-34H2,1-14H3,(H,63,81)(H,64,82)(H,65,71)(H,66,72)/t35-,36-,41-,42-,43+,44+,45-,46-,47-,48-,49+,50+/m0/s1. The van der Waals surface area contributed by atoms with Crippen molar-refractivity contribution in [1.29, 1.82) is 0 Å². The van der Waals surface area contributed by atoms with E-state index in [1.807, 2.05) is 36.4 Å². The largest absolute Gasteiger partial charge is 0.444 e. The molecule has 0 aromatic heterocycles. The lowest BCUT2D eigenvalue weighted by Gasteiger charge is -2.36. The molecular formula is C62H90N8O10S4. The minimum atomic E-state index is -0.756. The van der Waals surface area contributed by atoms with Crippen LogP contribution in [0.3, 0.4) is 0 Å². The van der Waals surface area contributed by atoms with Gasteiger partial charge in [0.05, 0.1) is 57.1 Å². The molecule has 8 rings (SSSR count). The number of nitrogens with zero attached hydrogens (tertiary/aromatic N) is 4. The van der Waals surface area contributed by atoms with Crippen molar-refractivity contribution < 1.29 is 47.7 Å². The van der Waals surface area contributed by atoms with E-state index in [1.54, 1.807) is 103 Å². The van der Waals surface area contributed by atoms with Crippen LogP contribution in [0, 0.1) is 10.8 Å². The number of amides is 6. The lowest BCUT2D eigenvalue weighted by Crippen LogP contribution is -2.58. The summed E-state index contributed by atoms with van der Waals surface area (Å²) in [6, 6.07) is 11.3. The molecule has 6 amide bonds. The summed E-state index contributed by atoms with van der Waals surface area (Å²) in [6.45, 7) is 23.5. The zero-order valence-corrected chi connectivity index (χ0v) is 54.8. The molecule has 18 nitrogen and oxygen atoms in total. The Morgan fingerprint density at radius 3 is 1.33 bits per heavy atom. The van der Waals surface area contributed by atoms with Crippen molar-refractivity contribution in [3.63, 3.8) is 0 Å². The Balaban J connectivity index is 0.872. The Morgan fingerprint density at radius 2 is 0.976 bits per heavy atom. The average molecular weight is 1240 g/mol. The zero-order chi connectivity index (χ0) is 61.4. The Kier molecular flexibility index (Phi) is 20.4. The predicted octanol–water partition coefficient (Wildman–Crippen LogP) is 8.63. The number of nitrogens with one attached hydrogen (secondary N) is 4. The number of hydrogen-bond donors (Lipinski definition) is 4. The fourth-order valence-corrected chi connectivity index (χ4v) is 16.3. The first-order chi connectivity index (χ1) is 39.4. The second-order valence-electron chi connectivity index (χ2n) is 26.9. The highest BCUT2D eigenvalue weighted by molar-refractivity contribution is 8.00. The van der Waals surface area contributed by atoms with Crippen LogP contribution >= 0.6 is 48.0 Å². The van der Waals surface area contributed by atoms with Crippen LogP contribution in [0.25, 0.3) is 0 Å². The Hall–Kier alpha value is -4.74. The highest BCUT2D eigenvalue weighted by Crippen LogP contribution is 2.49. The maximum absolute atomic E-state index is 14.9. The van der Waals surface area contributed by atoms with Crippen LogP contribution in [0.1, 0.15) is 156 Å². The molecule has 22 heteroatoms. The van der Waals surface area contributed by atoms with E-state index >= 15 is 0 Å². The summed E-state index contributed by atoms with van der Waals surface area (Å²) in [7, 11) is 3.25. The van der Waals surface area contributed by atoms with E-state index in [1.165, 1.54) is 9.80 Å². The number of ether oxygens (including phenoxy) is 4. The molecule has 12 atom stereocenters. The molecule has 0 radical (unpaired) electrons. The van der Waals surface area contributed by atoms with Crippen LogP contribution in [0.5, 0.6) is 0 Å². The van der Waals surface area contributed by atoms with Crippen molar-refractivity contribution in [3.8, 4) is 0 Å². The first-order valence-electron chi connectivity index (χ1n) is 29.8. The molecule has 0 unspecified atom stereocenters. The van der Waals surface area contributed by atoms with Crippen LogP contribution in [-0.4, -0.2) is 175 Å². The van der Waals surface area contributed by atoms with E-state index < -0.39 is 82.6 Å². The summed E-state index contributed by atoms with van der Waals surface area (Å²) < 4.78 is 24.5. The number of thiocarbonyl (C=S) groups is 2. The fraction of sp³-hybridized carbons (Fsp3) is 0.677. The smallest absolute Gasteiger partial charge is 0.410 e.